The summed E-state index contributed by atoms with van der Waals surface area (Å²) < 4.78 is 18.7. The van der Waals surface area contributed by atoms with Crippen molar-refractivity contribution in [2.45, 2.75) is 13.0 Å². The molecule has 2 aliphatic rings. The number of ether oxygens (including phenoxy) is 1. The molecule has 0 bridgehead atoms. The van der Waals surface area contributed by atoms with Crippen LogP contribution < -0.4 is 15.5 Å². The van der Waals surface area contributed by atoms with E-state index in [2.05, 4.69) is 20.4 Å². The van der Waals surface area contributed by atoms with Crippen molar-refractivity contribution in [1.82, 2.24) is 15.5 Å². The van der Waals surface area contributed by atoms with Crippen molar-refractivity contribution in [2.24, 2.45) is 0 Å². The predicted molar refractivity (Wildman–Crippen MR) is 125 cm³/mol. The lowest BCUT2D eigenvalue weighted by Gasteiger charge is -2.38. The van der Waals surface area contributed by atoms with Crippen LogP contribution in [0.2, 0.25) is 5.02 Å². The first kappa shape index (κ1) is 23.1. The number of amides is 2. The lowest BCUT2D eigenvalue weighted by Crippen LogP contribution is -2.51. The second kappa shape index (κ2) is 10.2. The van der Waals surface area contributed by atoms with Crippen molar-refractivity contribution >= 4 is 29.3 Å². The van der Waals surface area contributed by atoms with Crippen molar-refractivity contribution in [1.29, 1.82) is 0 Å². The fourth-order valence-electron chi connectivity index (χ4n) is 4.16. The number of rotatable bonds is 6. The molecule has 7 nitrogen and oxygen atoms in total. The highest BCUT2D eigenvalue weighted by Crippen LogP contribution is 2.29. The zero-order chi connectivity index (χ0) is 23.4. The number of hydrogen-bond donors (Lipinski definition) is 2. The Morgan fingerprint density at radius 1 is 1.15 bits per heavy atom. The lowest BCUT2D eigenvalue weighted by atomic mass is 9.95. The molecule has 2 aromatic carbocycles. The maximum absolute atomic E-state index is 13.4. The van der Waals surface area contributed by atoms with Gasteiger partial charge in [0.25, 0.3) is 0 Å². The van der Waals surface area contributed by atoms with Crippen molar-refractivity contribution in [3.63, 3.8) is 0 Å². The number of carbonyl (C=O) groups excluding carboxylic acids is 2. The molecule has 0 saturated carbocycles. The van der Waals surface area contributed by atoms with Crippen LogP contribution in [0.3, 0.4) is 0 Å². The van der Waals surface area contributed by atoms with Crippen LogP contribution in [0.4, 0.5) is 14.9 Å². The number of anilines is 1. The van der Waals surface area contributed by atoms with Crippen molar-refractivity contribution in [3.8, 4) is 0 Å². The zero-order valence-corrected chi connectivity index (χ0v) is 19.1. The Hall–Kier alpha value is -3.10. The van der Waals surface area contributed by atoms with Gasteiger partial charge in [-0.3, -0.25) is 4.90 Å². The molecule has 1 saturated heterocycles. The molecular formula is C24H26ClFN4O3. The number of nitrogens with zero attached hydrogens (tertiary/aromatic N) is 2. The van der Waals surface area contributed by atoms with Crippen molar-refractivity contribution in [2.75, 3.05) is 44.2 Å². The van der Waals surface area contributed by atoms with Gasteiger partial charge in [-0.1, -0.05) is 29.8 Å². The molecular weight excluding hydrogens is 447 g/mol. The fraction of sp³-hybridized carbons (Fsp3) is 0.333. The Bertz CT molecular complexity index is 1050. The van der Waals surface area contributed by atoms with Gasteiger partial charge in [0.15, 0.2) is 0 Å². The van der Waals surface area contributed by atoms with Crippen LogP contribution in [-0.2, 0) is 9.53 Å². The normalized spacial score (nSPS) is 19.2. The SMILES string of the molecule is CCOC(=O)C1=C(CN2CCN(c3cccc(Cl)c3)CC2)NC(=O)N[C@H]1c1ccc(F)cc1. The third-order valence-corrected chi connectivity index (χ3v) is 6.01. The molecule has 0 aromatic heterocycles. The molecule has 0 spiro atoms. The van der Waals surface area contributed by atoms with Gasteiger partial charge in [-0.05, 0) is 42.8 Å². The summed E-state index contributed by atoms with van der Waals surface area (Å²) in [5, 5.41) is 6.27. The van der Waals surface area contributed by atoms with E-state index in [1.165, 1.54) is 12.1 Å². The van der Waals surface area contributed by atoms with Gasteiger partial charge in [-0.2, -0.15) is 0 Å². The molecule has 2 heterocycles. The minimum absolute atomic E-state index is 0.206. The van der Waals surface area contributed by atoms with Crippen molar-refractivity contribution < 1.29 is 18.7 Å². The van der Waals surface area contributed by atoms with Gasteiger partial charge in [-0.25, -0.2) is 14.0 Å². The number of halogens is 2. The van der Waals surface area contributed by atoms with Gasteiger partial charge in [0.1, 0.15) is 5.82 Å². The zero-order valence-electron chi connectivity index (χ0n) is 18.3. The average molecular weight is 473 g/mol. The highest BCUT2D eigenvalue weighted by atomic mass is 35.5. The van der Waals surface area contributed by atoms with Gasteiger partial charge < -0.3 is 20.3 Å². The Morgan fingerprint density at radius 3 is 2.55 bits per heavy atom. The molecule has 2 aromatic rings. The molecule has 2 amide bonds. The molecule has 4 rings (SSSR count). The van der Waals surface area contributed by atoms with Crippen LogP contribution in [0.25, 0.3) is 0 Å². The van der Waals surface area contributed by atoms with Gasteiger partial charge in [0.2, 0.25) is 0 Å². The van der Waals surface area contributed by atoms with Crippen LogP contribution in [-0.4, -0.2) is 56.2 Å². The minimum Gasteiger partial charge on any atom is -0.463 e. The standard InChI is InChI=1S/C24H26ClFN4O3/c1-2-33-23(31)21-20(27-24(32)28-22(21)16-6-8-18(26)9-7-16)15-29-10-12-30(13-11-29)19-5-3-4-17(25)14-19/h3-9,14,22H,2,10-13,15H2,1H3,(H2,27,28,32)/t22-/m0/s1. The highest BCUT2D eigenvalue weighted by Gasteiger charge is 2.34. The van der Waals surface area contributed by atoms with Gasteiger partial charge in [0.05, 0.1) is 18.2 Å². The van der Waals surface area contributed by atoms with E-state index in [1.54, 1.807) is 19.1 Å². The second-order valence-electron chi connectivity index (χ2n) is 7.94. The summed E-state index contributed by atoms with van der Waals surface area (Å²) in [6, 6.07) is 12.4. The maximum atomic E-state index is 13.4. The number of benzene rings is 2. The van der Waals surface area contributed by atoms with Crippen molar-refractivity contribution in [3.05, 3.63) is 76.2 Å². The largest absolute Gasteiger partial charge is 0.463 e. The quantitative estimate of drug-likeness (QED) is 0.630. The molecule has 174 valence electrons. The number of nitrogens with one attached hydrogen (secondary N) is 2. The first-order valence-electron chi connectivity index (χ1n) is 10.9. The molecule has 0 unspecified atom stereocenters. The van der Waals surface area contributed by atoms with E-state index in [0.29, 0.717) is 28.4 Å². The average Bonchev–Trinajstić information content (AvgIpc) is 2.80. The highest BCUT2D eigenvalue weighted by molar-refractivity contribution is 6.30. The van der Waals surface area contributed by atoms with E-state index in [1.807, 2.05) is 24.3 Å². The van der Waals surface area contributed by atoms with E-state index in [0.717, 1.165) is 31.9 Å². The van der Waals surface area contributed by atoms with Crippen LogP contribution in [0.1, 0.15) is 18.5 Å². The van der Waals surface area contributed by atoms with Crippen LogP contribution in [0.5, 0.6) is 0 Å². The summed E-state index contributed by atoms with van der Waals surface area (Å²) in [6.45, 7) is 5.40. The lowest BCUT2D eigenvalue weighted by molar-refractivity contribution is -0.139. The van der Waals surface area contributed by atoms with Gasteiger partial charge in [0, 0.05) is 49.1 Å². The molecule has 0 radical (unpaired) electrons. The number of hydrogen-bond acceptors (Lipinski definition) is 5. The summed E-state index contributed by atoms with van der Waals surface area (Å²) in [5.74, 6) is -0.898. The Kier molecular flexibility index (Phi) is 7.15. The van der Waals surface area contributed by atoms with Crippen LogP contribution >= 0.6 is 11.6 Å². The number of piperazine rings is 1. The summed E-state index contributed by atoms with van der Waals surface area (Å²) >= 11 is 6.13. The molecule has 9 heteroatoms. The molecule has 1 fully saturated rings. The Labute approximate surface area is 197 Å². The monoisotopic (exact) mass is 472 g/mol. The van der Waals surface area contributed by atoms with Gasteiger partial charge in [-0.15, -0.1) is 0 Å². The molecule has 2 aliphatic heterocycles. The van der Waals surface area contributed by atoms with E-state index >= 15 is 0 Å². The van der Waals surface area contributed by atoms with Crippen LogP contribution in [0, 0.1) is 5.82 Å². The van der Waals surface area contributed by atoms with E-state index in [4.69, 9.17) is 16.3 Å². The Morgan fingerprint density at radius 2 is 1.88 bits per heavy atom. The number of carbonyl (C=O) groups is 2. The topological polar surface area (TPSA) is 73.9 Å². The third kappa shape index (κ3) is 5.46. The molecule has 2 N–H and O–H groups in total. The van der Waals surface area contributed by atoms with E-state index in [-0.39, 0.29) is 6.61 Å². The number of urea groups is 1. The van der Waals surface area contributed by atoms with Gasteiger partial charge >= 0.3 is 12.0 Å². The van der Waals surface area contributed by atoms with E-state index < -0.39 is 23.9 Å². The summed E-state index contributed by atoms with van der Waals surface area (Å²) in [6.07, 6.45) is 0. The van der Waals surface area contributed by atoms with Crippen LogP contribution in [0.15, 0.2) is 59.8 Å². The second-order valence-corrected chi connectivity index (χ2v) is 8.38. The molecule has 1 atom stereocenters. The minimum atomic E-state index is -0.721. The summed E-state index contributed by atoms with van der Waals surface area (Å²) in [5.41, 5.74) is 2.51. The Balaban J connectivity index is 1.55. The fourth-order valence-corrected chi connectivity index (χ4v) is 4.34. The maximum Gasteiger partial charge on any atom is 0.338 e. The third-order valence-electron chi connectivity index (χ3n) is 5.78. The molecule has 33 heavy (non-hydrogen) atoms. The first-order chi connectivity index (χ1) is 15.9. The number of esters is 1. The predicted octanol–water partition coefficient (Wildman–Crippen LogP) is 3.47. The first-order valence-corrected chi connectivity index (χ1v) is 11.3. The van der Waals surface area contributed by atoms with E-state index in [9.17, 15) is 14.0 Å². The summed E-state index contributed by atoms with van der Waals surface area (Å²) in [4.78, 5) is 29.8. The molecule has 0 aliphatic carbocycles. The smallest absolute Gasteiger partial charge is 0.338 e. The summed E-state index contributed by atoms with van der Waals surface area (Å²) in [7, 11) is 0.